The van der Waals surface area contributed by atoms with E-state index in [1.54, 1.807) is 24.3 Å². The molecule has 0 atom stereocenters. The van der Waals surface area contributed by atoms with Crippen molar-refractivity contribution < 1.29 is 8.81 Å². The first kappa shape index (κ1) is 8.05. The number of hydrogen-bond acceptors (Lipinski definition) is 1. The molecular formula is C11H9FO. The van der Waals surface area contributed by atoms with Gasteiger partial charge < -0.3 is 4.42 Å². The van der Waals surface area contributed by atoms with Gasteiger partial charge in [-0.3, -0.25) is 0 Å². The molecule has 13 heavy (non-hydrogen) atoms. The Morgan fingerprint density at radius 2 is 1.85 bits per heavy atom. The van der Waals surface area contributed by atoms with Gasteiger partial charge in [0.15, 0.2) is 0 Å². The summed E-state index contributed by atoms with van der Waals surface area (Å²) in [6, 6.07) is 10.2. The van der Waals surface area contributed by atoms with Crippen molar-refractivity contribution in [1.82, 2.24) is 0 Å². The molecule has 0 aliphatic rings. The molecule has 0 N–H and O–H groups in total. The van der Waals surface area contributed by atoms with Gasteiger partial charge in [0.25, 0.3) is 0 Å². The molecule has 0 saturated heterocycles. The van der Waals surface area contributed by atoms with E-state index in [4.69, 9.17) is 4.42 Å². The molecule has 0 fully saturated rings. The average molecular weight is 176 g/mol. The van der Waals surface area contributed by atoms with Crippen LogP contribution in [0.25, 0.3) is 11.3 Å². The molecule has 0 saturated carbocycles. The van der Waals surface area contributed by atoms with Crippen molar-refractivity contribution in [1.29, 1.82) is 0 Å². The van der Waals surface area contributed by atoms with Crippen LogP contribution in [-0.4, -0.2) is 0 Å². The summed E-state index contributed by atoms with van der Waals surface area (Å²) in [5.74, 6) is 1.12. The standard InChI is InChI=1S/C11H9FO/c1-8-6-7-11(13-8)9-4-2-3-5-10(9)12/h2-7H,1H3. The molecule has 0 spiro atoms. The number of furan rings is 1. The molecule has 2 aromatic rings. The Labute approximate surface area is 75.8 Å². The molecule has 66 valence electrons. The van der Waals surface area contributed by atoms with E-state index >= 15 is 0 Å². The van der Waals surface area contributed by atoms with Crippen LogP contribution in [0.5, 0.6) is 0 Å². The summed E-state index contributed by atoms with van der Waals surface area (Å²) in [6.45, 7) is 1.84. The fourth-order valence-corrected chi connectivity index (χ4v) is 1.24. The summed E-state index contributed by atoms with van der Waals surface area (Å²) in [5.41, 5.74) is 0.510. The highest BCUT2D eigenvalue weighted by Gasteiger charge is 2.06. The zero-order chi connectivity index (χ0) is 9.26. The third kappa shape index (κ3) is 1.47. The monoisotopic (exact) mass is 176 g/mol. The maximum atomic E-state index is 13.2. The Morgan fingerprint density at radius 3 is 2.46 bits per heavy atom. The largest absolute Gasteiger partial charge is 0.461 e. The van der Waals surface area contributed by atoms with Crippen molar-refractivity contribution in [2.45, 2.75) is 6.92 Å². The van der Waals surface area contributed by atoms with Crippen molar-refractivity contribution in [3.63, 3.8) is 0 Å². The predicted molar refractivity (Wildman–Crippen MR) is 48.8 cm³/mol. The highest BCUT2D eigenvalue weighted by Crippen LogP contribution is 2.23. The average Bonchev–Trinajstić information content (AvgIpc) is 2.53. The lowest BCUT2D eigenvalue weighted by atomic mass is 10.1. The summed E-state index contributed by atoms with van der Waals surface area (Å²) in [7, 11) is 0. The van der Waals surface area contributed by atoms with Crippen LogP contribution in [-0.2, 0) is 0 Å². The first-order valence-electron chi connectivity index (χ1n) is 4.09. The van der Waals surface area contributed by atoms with E-state index in [2.05, 4.69) is 0 Å². The Balaban J connectivity index is 2.52. The molecule has 0 radical (unpaired) electrons. The first-order chi connectivity index (χ1) is 6.27. The summed E-state index contributed by atoms with van der Waals surface area (Å²) >= 11 is 0. The van der Waals surface area contributed by atoms with Crippen molar-refractivity contribution in [2.24, 2.45) is 0 Å². The van der Waals surface area contributed by atoms with Gasteiger partial charge in [0, 0.05) is 0 Å². The van der Waals surface area contributed by atoms with Crippen LogP contribution in [0.3, 0.4) is 0 Å². The van der Waals surface area contributed by atoms with Crippen LogP contribution >= 0.6 is 0 Å². The molecule has 1 aromatic carbocycles. The van der Waals surface area contributed by atoms with Crippen LogP contribution < -0.4 is 0 Å². The van der Waals surface area contributed by atoms with E-state index in [0.717, 1.165) is 5.76 Å². The molecular weight excluding hydrogens is 167 g/mol. The lowest BCUT2D eigenvalue weighted by Crippen LogP contribution is -1.79. The number of halogens is 1. The smallest absolute Gasteiger partial charge is 0.137 e. The molecule has 0 aliphatic carbocycles. The highest BCUT2D eigenvalue weighted by molar-refractivity contribution is 5.58. The van der Waals surface area contributed by atoms with E-state index in [-0.39, 0.29) is 5.82 Å². The van der Waals surface area contributed by atoms with Gasteiger partial charge in [0.05, 0.1) is 5.56 Å². The van der Waals surface area contributed by atoms with Crippen LogP contribution in [0.1, 0.15) is 5.76 Å². The topological polar surface area (TPSA) is 13.1 Å². The van der Waals surface area contributed by atoms with Crippen LogP contribution in [0, 0.1) is 12.7 Å². The normalized spacial score (nSPS) is 10.3. The number of aryl methyl sites for hydroxylation is 1. The Kier molecular flexibility index (Phi) is 1.89. The van der Waals surface area contributed by atoms with Gasteiger partial charge >= 0.3 is 0 Å². The van der Waals surface area contributed by atoms with Crippen molar-refractivity contribution in [2.75, 3.05) is 0 Å². The second kappa shape index (κ2) is 3.05. The summed E-state index contributed by atoms with van der Waals surface area (Å²) < 4.78 is 18.5. The van der Waals surface area contributed by atoms with Crippen molar-refractivity contribution >= 4 is 0 Å². The molecule has 2 rings (SSSR count). The summed E-state index contributed by atoms with van der Waals surface area (Å²) in [4.78, 5) is 0. The zero-order valence-electron chi connectivity index (χ0n) is 7.25. The molecule has 0 aliphatic heterocycles. The summed E-state index contributed by atoms with van der Waals surface area (Å²) in [5, 5.41) is 0. The maximum Gasteiger partial charge on any atom is 0.137 e. The number of benzene rings is 1. The quantitative estimate of drug-likeness (QED) is 0.649. The SMILES string of the molecule is Cc1ccc(-c2ccccc2F)o1. The van der Waals surface area contributed by atoms with E-state index in [1.165, 1.54) is 6.07 Å². The molecule has 0 unspecified atom stereocenters. The third-order valence-corrected chi connectivity index (χ3v) is 1.88. The predicted octanol–water partition coefficient (Wildman–Crippen LogP) is 3.39. The highest BCUT2D eigenvalue weighted by atomic mass is 19.1. The van der Waals surface area contributed by atoms with Gasteiger partial charge in [-0.15, -0.1) is 0 Å². The van der Waals surface area contributed by atoms with E-state index < -0.39 is 0 Å². The van der Waals surface area contributed by atoms with E-state index in [0.29, 0.717) is 11.3 Å². The molecule has 2 heteroatoms. The van der Waals surface area contributed by atoms with Gasteiger partial charge in [-0.05, 0) is 31.2 Å². The van der Waals surface area contributed by atoms with Gasteiger partial charge in [0.2, 0.25) is 0 Å². The van der Waals surface area contributed by atoms with Gasteiger partial charge in [-0.2, -0.15) is 0 Å². The van der Waals surface area contributed by atoms with Crippen LogP contribution in [0.4, 0.5) is 4.39 Å². The van der Waals surface area contributed by atoms with Crippen LogP contribution in [0.2, 0.25) is 0 Å². The molecule has 1 nitrogen and oxygen atoms in total. The second-order valence-corrected chi connectivity index (χ2v) is 2.89. The lowest BCUT2D eigenvalue weighted by molar-refractivity contribution is 0.540. The molecule has 0 amide bonds. The number of hydrogen-bond donors (Lipinski definition) is 0. The van der Waals surface area contributed by atoms with E-state index in [1.807, 2.05) is 13.0 Å². The van der Waals surface area contributed by atoms with Gasteiger partial charge in [-0.25, -0.2) is 4.39 Å². The first-order valence-corrected chi connectivity index (χ1v) is 4.09. The summed E-state index contributed by atoms with van der Waals surface area (Å²) in [6.07, 6.45) is 0. The molecule has 1 aromatic heterocycles. The Hall–Kier alpha value is -1.57. The second-order valence-electron chi connectivity index (χ2n) is 2.89. The Bertz CT molecular complexity index is 418. The van der Waals surface area contributed by atoms with Crippen molar-refractivity contribution in [3.05, 3.63) is 48.0 Å². The van der Waals surface area contributed by atoms with Gasteiger partial charge in [0.1, 0.15) is 17.3 Å². The van der Waals surface area contributed by atoms with Gasteiger partial charge in [-0.1, -0.05) is 12.1 Å². The zero-order valence-corrected chi connectivity index (χ0v) is 7.25. The minimum absolute atomic E-state index is 0.253. The molecule has 1 heterocycles. The fourth-order valence-electron chi connectivity index (χ4n) is 1.24. The fraction of sp³-hybridized carbons (Fsp3) is 0.0909. The van der Waals surface area contributed by atoms with E-state index in [9.17, 15) is 4.39 Å². The third-order valence-electron chi connectivity index (χ3n) is 1.88. The van der Waals surface area contributed by atoms with Crippen LogP contribution in [0.15, 0.2) is 40.8 Å². The molecule has 0 bridgehead atoms. The Morgan fingerprint density at radius 1 is 1.08 bits per heavy atom. The lowest BCUT2D eigenvalue weighted by Gasteiger charge is -1.97. The number of rotatable bonds is 1. The van der Waals surface area contributed by atoms with Crippen molar-refractivity contribution in [3.8, 4) is 11.3 Å². The maximum absolute atomic E-state index is 13.2. The minimum Gasteiger partial charge on any atom is -0.461 e. The minimum atomic E-state index is -0.253.